The van der Waals surface area contributed by atoms with Crippen LogP contribution < -0.4 is 10.6 Å². The summed E-state index contributed by atoms with van der Waals surface area (Å²) in [6, 6.07) is 0.142. The zero-order valence-electron chi connectivity index (χ0n) is 15.5. The molecule has 0 bridgehead atoms. The van der Waals surface area contributed by atoms with Crippen molar-refractivity contribution in [2.24, 2.45) is 5.92 Å². The van der Waals surface area contributed by atoms with Crippen molar-refractivity contribution < 1.29 is 19.1 Å². The standard InChI is InChI=1S/C17H31N3O4/c1-12(2)15(22)19-13-7-10-20(11-8-13)14(21)6-9-18-16(23)24-17(3,4)5/h12-13H,6-11H2,1-5H3,(H,18,23)(H,19,22). The maximum absolute atomic E-state index is 12.1. The Morgan fingerprint density at radius 3 is 2.25 bits per heavy atom. The number of hydrogen-bond acceptors (Lipinski definition) is 4. The lowest BCUT2D eigenvalue weighted by atomic mass is 10.0. The third-order valence-electron chi connectivity index (χ3n) is 3.73. The molecule has 0 aromatic heterocycles. The normalized spacial score (nSPS) is 16.0. The molecule has 0 saturated carbocycles. The minimum absolute atomic E-state index is 0.0136. The molecule has 7 nitrogen and oxygen atoms in total. The van der Waals surface area contributed by atoms with E-state index in [2.05, 4.69) is 10.6 Å². The van der Waals surface area contributed by atoms with Crippen LogP contribution in [0.2, 0.25) is 0 Å². The molecule has 0 aliphatic carbocycles. The molecule has 0 spiro atoms. The third-order valence-corrected chi connectivity index (χ3v) is 3.73. The van der Waals surface area contributed by atoms with Gasteiger partial charge in [0.05, 0.1) is 0 Å². The number of nitrogens with one attached hydrogen (secondary N) is 2. The number of ether oxygens (including phenoxy) is 1. The highest BCUT2D eigenvalue weighted by Gasteiger charge is 2.24. The van der Waals surface area contributed by atoms with Gasteiger partial charge >= 0.3 is 6.09 Å². The fourth-order valence-electron chi connectivity index (χ4n) is 2.38. The summed E-state index contributed by atoms with van der Waals surface area (Å²) in [5.74, 6) is 0.0459. The Morgan fingerprint density at radius 2 is 1.75 bits per heavy atom. The number of hydrogen-bond donors (Lipinski definition) is 2. The van der Waals surface area contributed by atoms with Crippen molar-refractivity contribution in [3.63, 3.8) is 0 Å². The molecule has 0 radical (unpaired) electrons. The van der Waals surface area contributed by atoms with E-state index < -0.39 is 11.7 Å². The van der Waals surface area contributed by atoms with Crippen LogP contribution >= 0.6 is 0 Å². The van der Waals surface area contributed by atoms with Gasteiger partial charge in [-0.2, -0.15) is 0 Å². The number of nitrogens with zero attached hydrogens (tertiary/aromatic N) is 1. The summed E-state index contributed by atoms with van der Waals surface area (Å²) in [7, 11) is 0. The second-order valence-corrected chi connectivity index (χ2v) is 7.50. The molecular formula is C17H31N3O4. The first-order chi connectivity index (χ1) is 11.1. The van der Waals surface area contributed by atoms with Crippen LogP contribution in [0.5, 0.6) is 0 Å². The highest BCUT2D eigenvalue weighted by Crippen LogP contribution is 2.12. The van der Waals surface area contributed by atoms with Gasteiger partial charge in [0.25, 0.3) is 0 Å². The Labute approximate surface area is 144 Å². The fraction of sp³-hybridized carbons (Fsp3) is 0.824. The lowest BCUT2D eigenvalue weighted by molar-refractivity contribution is -0.132. The molecule has 0 aromatic carbocycles. The van der Waals surface area contributed by atoms with E-state index in [1.54, 1.807) is 25.7 Å². The minimum Gasteiger partial charge on any atom is -0.444 e. The van der Waals surface area contributed by atoms with E-state index in [4.69, 9.17) is 4.74 Å². The van der Waals surface area contributed by atoms with Gasteiger partial charge in [0.1, 0.15) is 5.60 Å². The van der Waals surface area contributed by atoms with Crippen molar-refractivity contribution >= 4 is 17.9 Å². The highest BCUT2D eigenvalue weighted by atomic mass is 16.6. The van der Waals surface area contributed by atoms with Gasteiger partial charge in [-0.3, -0.25) is 9.59 Å². The number of likely N-dealkylation sites (tertiary alicyclic amines) is 1. The second kappa shape index (κ2) is 8.89. The molecule has 1 rings (SSSR count). The number of rotatable bonds is 5. The van der Waals surface area contributed by atoms with Gasteiger partial charge in [-0.15, -0.1) is 0 Å². The number of alkyl carbamates (subject to hydrolysis) is 1. The molecule has 0 aromatic rings. The number of carbonyl (C=O) groups excluding carboxylic acids is 3. The number of carbonyl (C=O) groups is 3. The molecular weight excluding hydrogens is 310 g/mol. The van der Waals surface area contributed by atoms with Crippen molar-refractivity contribution in [2.75, 3.05) is 19.6 Å². The predicted molar refractivity (Wildman–Crippen MR) is 91.4 cm³/mol. The fourth-order valence-corrected chi connectivity index (χ4v) is 2.38. The maximum Gasteiger partial charge on any atom is 0.407 e. The average Bonchev–Trinajstić information content (AvgIpc) is 2.45. The highest BCUT2D eigenvalue weighted by molar-refractivity contribution is 5.79. The van der Waals surface area contributed by atoms with E-state index in [-0.39, 0.29) is 36.7 Å². The quantitative estimate of drug-likeness (QED) is 0.796. The number of amides is 3. The van der Waals surface area contributed by atoms with Crippen LogP contribution in [-0.2, 0) is 14.3 Å². The summed E-state index contributed by atoms with van der Waals surface area (Å²) in [6.07, 6.45) is 1.28. The lowest BCUT2D eigenvalue weighted by Crippen LogP contribution is -2.47. The molecule has 138 valence electrons. The van der Waals surface area contributed by atoms with Crippen LogP contribution in [-0.4, -0.2) is 54.1 Å². The van der Waals surface area contributed by atoms with Gasteiger partial charge in [0.15, 0.2) is 0 Å². The summed E-state index contributed by atoms with van der Waals surface area (Å²) in [5.41, 5.74) is -0.545. The van der Waals surface area contributed by atoms with Crippen LogP contribution in [0.1, 0.15) is 53.9 Å². The van der Waals surface area contributed by atoms with Gasteiger partial charge in [0, 0.05) is 38.0 Å². The van der Waals surface area contributed by atoms with E-state index in [9.17, 15) is 14.4 Å². The molecule has 1 fully saturated rings. The summed E-state index contributed by atoms with van der Waals surface area (Å²) < 4.78 is 5.12. The monoisotopic (exact) mass is 341 g/mol. The Balaban J connectivity index is 2.24. The van der Waals surface area contributed by atoms with E-state index in [1.807, 2.05) is 13.8 Å². The zero-order chi connectivity index (χ0) is 18.3. The lowest BCUT2D eigenvalue weighted by Gasteiger charge is -2.32. The Kier molecular flexibility index (Phi) is 7.51. The predicted octanol–water partition coefficient (Wildman–Crippen LogP) is 1.66. The van der Waals surface area contributed by atoms with E-state index in [0.29, 0.717) is 13.1 Å². The Morgan fingerprint density at radius 1 is 1.17 bits per heavy atom. The van der Waals surface area contributed by atoms with Crippen molar-refractivity contribution in [2.45, 2.75) is 65.5 Å². The van der Waals surface area contributed by atoms with Gasteiger partial charge in [-0.25, -0.2) is 4.79 Å². The largest absolute Gasteiger partial charge is 0.444 e. The van der Waals surface area contributed by atoms with E-state index in [0.717, 1.165) is 12.8 Å². The van der Waals surface area contributed by atoms with Crippen LogP contribution in [0.25, 0.3) is 0 Å². The molecule has 1 heterocycles. The molecule has 7 heteroatoms. The summed E-state index contributed by atoms with van der Waals surface area (Å²) in [4.78, 5) is 37.1. The van der Waals surface area contributed by atoms with E-state index in [1.165, 1.54) is 0 Å². The van der Waals surface area contributed by atoms with Crippen molar-refractivity contribution in [1.82, 2.24) is 15.5 Å². The van der Waals surface area contributed by atoms with Crippen molar-refractivity contribution in [3.05, 3.63) is 0 Å². The average molecular weight is 341 g/mol. The summed E-state index contributed by atoms with van der Waals surface area (Å²) in [6.45, 7) is 10.6. The van der Waals surface area contributed by atoms with Crippen LogP contribution in [0.15, 0.2) is 0 Å². The molecule has 1 saturated heterocycles. The number of piperidine rings is 1. The molecule has 1 aliphatic heterocycles. The first kappa shape index (κ1) is 20.3. The molecule has 1 aliphatic rings. The third kappa shape index (κ3) is 7.66. The van der Waals surface area contributed by atoms with Gasteiger partial charge < -0.3 is 20.3 Å². The topological polar surface area (TPSA) is 87.7 Å². The van der Waals surface area contributed by atoms with E-state index >= 15 is 0 Å². The Bertz CT molecular complexity index is 449. The van der Waals surface area contributed by atoms with Crippen molar-refractivity contribution in [1.29, 1.82) is 0 Å². The van der Waals surface area contributed by atoms with Crippen LogP contribution in [0.4, 0.5) is 4.79 Å². The summed E-state index contributed by atoms with van der Waals surface area (Å²) >= 11 is 0. The molecule has 24 heavy (non-hydrogen) atoms. The Hall–Kier alpha value is -1.79. The first-order valence-electron chi connectivity index (χ1n) is 8.63. The maximum atomic E-state index is 12.1. The zero-order valence-corrected chi connectivity index (χ0v) is 15.5. The molecule has 3 amide bonds. The van der Waals surface area contributed by atoms with Crippen LogP contribution in [0, 0.1) is 5.92 Å². The second-order valence-electron chi connectivity index (χ2n) is 7.50. The van der Waals surface area contributed by atoms with Gasteiger partial charge in [-0.1, -0.05) is 13.8 Å². The van der Waals surface area contributed by atoms with Gasteiger partial charge in [0.2, 0.25) is 11.8 Å². The first-order valence-corrected chi connectivity index (χ1v) is 8.63. The minimum atomic E-state index is -0.545. The molecule has 0 atom stereocenters. The van der Waals surface area contributed by atoms with Crippen LogP contribution in [0.3, 0.4) is 0 Å². The molecule has 0 unspecified atom stereocenters. The SMILES string of the molecule is CC(C)C(=O)NC1CCN(C(=O)CCNC(=O)OC(C)(C)C)CC1. The van der Waals surface area contributed by atoms with Gasteiger partial charge in [-0.05, 0) is 33.6 Å². The summed E-state index contributed by atoms with van der Waals surface area (Å²) in [5, 5.41) is 5.60. The molecule has 2 N–H and O–H groups in total. The smallest absolute Gasteiger partial charge is 0.407 e. The van der Waals surface area contributed by atoms with Crippen molar-refractivity contribution in [3.8, 4) is 0 Å².